The second-order valence-corrected chi connectivity index (χ2v) is 7.70. The molecule has 154 valence electrons. The third kappa shape index (κ3) is 5.24. The number of halogens is 2. The highest BCUT2D eigenvalue weighted by atomic mass is 35.5. The molecule has 0 N–H and O–H groups in total. The van der Waals surface area contributed by atoms with Gasteiger partial charge in [-0.05, 0) is 73.0 Å². The number of hydrogen-bond acceptors (Lipinski definition) is 3. The average Bonchev–Trinajstić information content (AvgIpc) is 2.75. The van der Waals surface area contributed by atoms with Gasteiger partial charge in [-0.25, -0.2) is 0 Å². The van der Waals surface area contributed by atoms with Gasteiger partial charge in [-0.2, -0.15) is 0 Å². The fourth-order valence-electron chi connectivity index (χ4n) is 2.97. The third-order valence-electron chi connectivity index (χ3n) is 4.87. The van der Waals surface area contributed by atoms with Crippen LogP contribution in [0.5, 0.6) is 11.5 Å². The quantitative estimate of drug-likeness (QED) is 0.290. The summed E-state index contributed by atoms with van der Waals surface area (Å²) in [6.07, 6.45) is 3.27. The summed E-state index contributed by atoms with van der Waals surface area (Å²) in [5.74, 6) is 1.42. The minimum absolute atomic E-state index is 0.155. The molecule has 0 aliphatic heterocycles. The van der Waals surface area contributed by atoms with E-state index in [-0.39, 0.29) is 5.78 Å². The molecule has 0 fully saturated rings. The van der Waals surface area contributed by atoms with Gasteiger partial charge in [-0.3, -0.25) is 4.79 Å². The van der Waals surface area contributed by atoms with E-state index in [1.54, 1.807) is 31.4 Å². The van der Waals surface area contributed by atoms with Gasteiger partial charge in [0.25, 0.3) is 0 Å². The Labute approximate surface area is 186 Å². The molecule has 5 heteroatoms. The summed E-state index contributed by atoms with van der Waals surface area (Å²) < 4.78 is 11.5. The molecule has 0 saturated carbocycles. The Morgan fingerprint density at radius 1 is 0.967 bits per heavy atom. The minimum Gasteiger partial charge on any atom is -0.496 e. The summed E-state index contributed by atoms with van der Waals surface area (Å²) in [6.45, 7) is 4.45. The molecule has 0 spiro atoms. The van der Waals surface area contributed by atoms with E-state index in [9.17, 15) is 4.79 Å². The molecule has 3 nitrogen and oxygen atoms in total. The molecule has 3 rings (SSSR count). The van der Waals surface area contributed by atoms with Gasteiger partial charge in [0.2, 0.25) is 0 Å². The van der Waals surface area contributed by atoms with E-state index in [0.717, 1.165) is 28.2 Å². The monoisotopic (exact) mass is 440 g/mol. The van der Waals surface area contributed by atoms with Gasteiger partial charge in [-0.1, -0.05) is 47.5 Å². The van der Waals surface area contributed by atoms with Crippen LogP contribution in [0.2, 0.25) is 10.0 Å². The smallest absolute Gasteiger partial charge is 0.185 e. The third-order valence-corrected chi connectivity index (χ3v) is 5.61. The first-order chi connectivity index (χ1) is 14.4. The van der Waals surface area contributed by atoms with Crippen LogP contribution < -0.4 is 9.47 Å². The van der Waals surface area contributed by atoms with Crippen molar-refractivity contribution in [3.05, 3.63) is 98.5 Å². The van der Waals surface area contributed by atoms with Crippen molar-refractivity contribution in [3.8, 4) is 11.5 Å². The zero-order valence-electron chi connectivity index (χ0n) is 17.0. The van der Waals surface area contributed by atoms with Gasteiger partial charge in [0.05, 0.1) is 17.2 Å². The van der Waals surface area contributed by atoms with Crippen LogP contribution in [-0.4, -0.2) is 12.9 Å². The molecule has 0 amide bonds. The standard InChI is InChI=1S/C25H22Cl2O3/c1-16-5-4-6-24(17(16)2)30-15-20-13-18(8-12-25(20)29-3)7-11-23(28)19-9-10-21(26)22(27)14-19/h4-14H,15H2,1-3H3/b11-7+. The first-order valence-electron chi connectivity index (χ1n) is 9.42. The first-order valence-corrected chi connectivity index (χ1v) is 10.2. The van der Waals surface area contributed by atoms with Crippen LogP contribution in [0, 0.1) is 13.8 Å². The van der Waals surface area contributed by atoms with E-state index in [0.29, 0.717) is 22.2 Å². The number of ketones is 1. The summed E-state index contributed by atoms with van der Waals surface area (Å²) in [6, 6.07) is 16.5. The zero-order valence-corrected chi connectivity index (χ0v) is 18.6. The highest BCUT2D eigenvalue weighted by Crippen LogP contribution is 2.26. The summed E-state index contributed by atoms with van der Waals surface area (Å²) >= 11 is 11.9. The van der Waals surface area contributed by atoms with E-state index in [1.165, 1.54) is 11.6 Å². The fourth-order valence-corrected chi connectivity index (χ4v) is 3.27. The second kappa shape index (κ2) is 9.84. The largest absolute Gasteiger partial charge is 0.496 e. The molecule has 3 aromatic rings. The fraction of sp³-hybridized carbons (Fsp3) is 0.160. The van der Waals surface area contributed by atoms with Gasteiger partial charge in [0, 0.05) is 11.1 Å². The van der Waals surface area contributed by atoms with Crippen molar-refractivity contribution >= 4 is 35.1 Å². The maximum atomic E-state index is 12.4. The van der Waals surface area contributed by atoms with Crippen molar-refractivity contribution in [1.82, 2.24) is 0 Å². The molecule has 0 unspecified atom stereocenters. The maximum Gasteiger partial charge on any atom is 0.185 e. The van der Waals surface area contributed by atoms with Gasteiger partial charge >= 0.3 is 0 Å². The Kier molecular flexibility index (Phi) is 7.20. The molecule has 0 radical (unpaired) electrons. The lowest BCUT2D eigenvalue weighted by atomic mass is 10.1. The van der Waals surface area contributed by atoms with Crippen molar-refractivity contribution in [2.75, 3.05) is 7.11 Å². The molecule has 0 bridgehead atoms. The molecule has 0 aromatic heterocycles. The van der Waals surface area contributed by atoms with E-state index in [1.807, 2.05) is 37.3 Å². The number of ether oxygens (including phenoxy) is 2. The number of allylic oxidation sites excluding steroid dienone is 1. The van der Waals surface area contributed by atoms with Gasteiger partial charge in [0.15, 0.2) is 5.78 Å². The van der Waals surface area contributed by atoms with Crippen molar-refractivity contribution in [3.63, 3.8) is 0 Å². The van der Waals surface area contributed by atoms with Crippen LogP contribution in [0.4, 0.5) is 0 Å². The van der Waals surface area contributed by atoms with E-state index in [4.69, 9.17) is 32.7 Å². The van der Waals surface area contributed by atoms with Gasteiger partial charge in [0.1, 0.15) is 18.1 Å². The lowest BCUT2D eigenvalue weighted by Gasteiger charge is -2.13. The highest BCUT2D eigenvalue weighted by molar-refractivity contribution is 6.42. The van der Waals surface area contributed by atoms with Crippen molar-refractivity contribution in [2.45, 2.75) is 20.5 Å². The normalized spacial score (nSPS) is 11.0. The van der Waals surface area contributed by atoms with Crippen LogP contribution in [0.1, 0.15) is 32.6 Å². The molecule has 0 heterocycles. The summed E-state index contributed by atoms with van der Waals surface area (Å²) in [7, 11) is 1.63. The Morgan fingerprint density at radius 3 is 2.50 bits per heavy atom. The SMILES string of the molecule is COc1ccc(/C=C/C(=O)c2ccc(Cl)c(Cl)c2)cc1COc1cccc(C)c1C. The molecular weight excluding hydrogens is 419 g/mol. The van der Waals surface area contributed by atoms with Crippen LogP contribution in [0.15, 0.2) is 60.7 Å². The van der Waals surface area contributed by atoms with Gasteiger partial charge < -0.3 is 9.47 Å². The predicted molar refractivity (Wildman–Crippen MR) is 123 cm³/mol. The average molecular weight is 441 g/mol. The minimum atomic E-state index is -0.155. The van der Waals surface area contributed by atoms with Crippen molar-refractivity contribution in [1.29, 1.82) is 0 Å². The van der Waals surface area contributed by atoms with E-state index < -0.39 is 0 Å². The van der Waals surface area contributed by atoms with E-state index >= 15 is 0 Å². The lowest BCUT2D eigenvalue weighted by molar-refractivity contribution is 0.104. The summed E-state index contributed by atoms with van der Waals surface area (Å²) in [4.78, 5) is 12.4. The van der Waals surface area contributed by atoms with Crippen LogP contribution in [0.25, 0.3) is 6.08 Å². The van der Waals surface area contributed by atoms with Crippen LogP contribution in [0.3, 0.4) is 0 Å². The number of carbonyl (C=O) groups is 1. The highest BCUT2D eigenvalue weighted by Gasteiger charge is 2.09. The van der Waals surface area contributed by atoms with E-state index in [2.05, 4.69) is 13.0 Å². The maximum absolute atomic E-state index is 12.4. The summed E-state index contributed by atoms with van der Waals surface area (Å²) in [5.41, 5.74) is 4.52. The first kappa shape index (κ1) is 21.9. The Morgan fingerprint density at radius 2 is 1.77 bits per heavy atom. The molecule has 0 saturated heterocycles. The van der Waals surface area contributed by atoms with Crippen molar-refractivity contribution in [2.24, 2.45) is 0 Å². The number of aryl methyl sites for hydroxylation is 1. The number of rotatable bonds is 7. The Bertz CT molecular complexity index is 1100. The number of hydrogen-bond donors (Lipinski definition) is 0. The molecule has 0 atom stereocenters. The van der Waals surface area contributed by atoms with Crippen LogP contribution >= 0.6 is 23.2 Å². The Balaban J connectivity index is 1.78. The second-order valence-electron chi connectivity index (χ2n) is 6.88. The Hall–Kier alpha value is -2.75. The topological polar surface area (TPSA) is 35.5 Å². The zero-order chi connectivity index (χ0) is 21.7. The molecular formula is C25H22Cl2O3. The molecule has 3 aromatic carbocycles. The number of carbonyl (C=O) groups excluding carboxylic acids is 1. The van der Waals surface area contributed by atoms with Crippen LogP contribution in [-0.2, 0) is 6.61 Å². The summed E-state index contributed by atoms with van der Waals surface area (Å²) in [5, 5.41) is 0.770. The lowest BCUT2D eigenvalue weighted by Crippen LogP contribution is -2.01. The molecule has 0 aliphatic carbocycles. The number of methoxy groups -OCH3 is 1. The number of benzene rings is 3. The predicted octanol–water partition coefficient (Wildman–Crippen LogP) is 7.09. The van der Waals surface area contributed by atoms with Gasteiger partial charge in [-0.15, -0.1) is 0 Å². The molecule has 0 aliphatic rings. The van der Waals surface area contributed by atoms with Crippen molar-refractivity contribution < 1.29 is 14.3 Å². The molecule has 30 heavy (non-hydrogen) atoms.